The molecule has 2 aromatic carbocycles. The van der Waals surface area contributed by atoms with Crippen molar-refractivity contribution in [3.8, 4) is 0 Å². The van der Waals surface area contributed by atoms with Gasteiger partial charge in [0.25, 0.3) is 0 Å². The minimum atomic E-state index is 1.13. The Kier molecular flexibility index (Phi) is 3.40. The molecule has 2 rings (SSSR count). The molecule has 2 aromatic rings. The molecule has 0 heteroatoms. The third-order valence-electron chi connectivity index (χ3n) is 3.03. The summed E-state index contributed by atoms with van der Waals surface area (Å²) in [6.45, 7) is 4.35. The second-order valence-electron chi connectivity index (χ2n) is 4.42. The van der Waals surface area contributed by atoms with Crippen LogP contribution in [0.4, 0.5) is 0 Å². The van der Waals surface area contributed by atoms with Gasteiger partial charge in [-0.1, -0.05) is 54.1 Å². The van der Waals surface area contributed by atoms with Gasteiger partial charge in [-0.05, 0) is 43.4 Å². The number of rotatable bonds is 3. The standard InChI is InChI=1S/C16H18/c1-13-8-9-14(2)16(12-13)11-10-15-6-4-3-5-7-15/h3-9,12H,10-11H2,1-2H3. The van der Waals surface area contributed by atoms with Gasteiger partial charge in [-0.2, -0.15) is 0 Å². The van der Waals surface area contributed by atoms with E-state index in [0.29, 0.717) is 0 Å². The molecule has 0 aliphatic carbocycles. The van der Waals surface area contributed by atoms with E-state index in [4.69, 9.17) is 0 Å². The van der Waals surface area contributed by atoms with Gasteiger partial charge in [0.2, 0.25) is 0 Å². The molecule has 0 N–H and O–H groups in total. The molecule has 16 heavy (non-hydrogen) atoms. The summed E-state index contributed by atoms with van der Waals surface area (Å²) in [5.74, 6) is 0. The first-order valence-electron chi connectivity index (χ1n) is 5.86. The third-order valence-corrected chi connectivity index (χ3v) is 3.03. The summed E-state index contributed by atoms with van der Waals surface area (Å²) in [5.41, 5.74) is 5.66. The van der Waals surface area contributed by atoms with Crippen molar-refractivity contribution in [2.45, 2.75) is 26.7 Å². The Labute approximate surface area is 97.9 Å². The highest BCUT2D eigenvalue weighted by Gasteiger charge is 1.99. The summed E-state index contributed by atoms with van der Waals surface area (Å²) in [6.07, 6.45) is 2.27. The molecule has 0 aliphatic heterocycles. The van der Waals surface area contributed by atoms with E-state index in [2.05, 4.69) is 62.4 Å². The fourth-order valence-corrected chi connectivity index (χ4v) is 1.99. The lowest BCUT2D eigenvalue weighted by Gasteiger charge is -2.07. The van der Waals surface area contributed by atoms with Crippen LogP contribution in [-0.4, -0.2) is 0 Å². The van der Waals surface area contributed by atoms with Gasteiger partial charge >= 0.3 is 0 Å². The summed E-state index contributed by atoms with van der Waals surface area (Å²) < 4.78 is 0. The highest BCUT2D eigenvalue weighted by atomic mass is 14.0. The molecular weight excluding hydrogens is 192 g/mol. The lowest BCUT2D eigenvalue weighted by molar-refractivity contribution is 0.947. The van der Waals surface area contributed by atoms with Crippen LogP contribution < -0.4 is 0 Å². The summed E-state index contributed by atoms with van der Waals surface area (Å²) >= 11 is 0. The molecule has 0 radical (unpaired) electrons. The fraction of sp³-hybridized carbons (Fsp3) is 0.250. The van der Waals surface area contributed by atoms with Crippen LogP contribution in [0.25, 0.3) is 0 Å². The molecule has 0 atom stereocenters. The molecule has 0 saturated heterocycles. The second kappa shape index (κ2) is 4.98. The van der Waals surface area contributed by atoms with Crippen molar-refractivity contribution < 1.29 is 0 Å². The molecule has 0 heterocycles. The van der Waals surface area contributed by atoms with E-state index in [1.54, 1.807) is 0 Å². The second-order valence-corrected chi connectivity index (χ2v) is 4.42. The largest absolute Gasteiger partial charge is 0.0622 e. The maximum atomic E-state index is 2.30. The Morgan fingerprint density at radius 2 is 1.56 bits per heavy atom. The molecular formula is C16H18. The summed E-state index contributed by atoms with van der Waals surface area (Å²) in [6, 6.07) is 17.4. The van der Waals surface area contributed by atoms with Crippen molar-refractivity contribution in [2.75, 3.05) is 0 Å². The zero-order valence-corrected chi connectivity index (χ0v) is 10.0. The Hall–Kier alpha value is -1.56. The maximum absolute atomic E-state index is 2.30. The van der Waals surface area contributed by atoms with E-state index in [1.807, 2.05) is 0 Å². The number of aryl methyl sites for hydroxylation is 4. The molecule has 0 nitrogen and oxygen atoms in total. The van der Waals surface area contributed by atoms with Crippen LogP contribution in [0.1, 0.15) is 22.3 Å². The molecule has 0 fully saturated rings. The van der Waals surface area contributed by atoms with E-state index in [-0.39, 0.29) is 0 Å². The molecule has 0 aliphatic rings. The van der Waals surface area contributed by atoms with Crippen LogP contribution in [-0.2, 0) is 12.8 Å². The molecule has 0 saturated carbocycles. The SMILES string of the molecule is Cc1ccc(C)c(CCc2ccccc2)c1. The topological polar surface area (TPSA) is 0 Å². The van der Waals surface area contributed by atoms with E-state index < -0.39 is 0 Å². The van der Waals surface area contributed by atoms with E-state index in [0.717, 1.165) is 12.8 Å². The van der Waals surface area contributed by atoms with Gasteiger partial charge in [0, 0.05) is 0 Å². The minimum absolute atomic E-state index is 1.13. The maximum Gasteiger partial charge on any atom is -0.0236 e. The van der Waals surface area contributed by atoms with Crippen molar-refractivity contribution in [1.82, 2.24) is 0 Å². The average molecular weight is 210 g/mol. The zero-order chi connectivity index (χ0) is 11.4. The molecule has 0 unspecified atom stereocenters. The average Bonchev–Trinajstić information content (AvgIpc) is 2.32. The monoisotopic (exact) mass is 210 g/mol. The number of hydrogen-bond acceptors (Lipinski definition) is 0. The van der Waals surface area contributed by atoms with Gasteiger partial charge in [-0.25, -0.2) is 0 Å². The summed E-state index contributed by atoms with van der Waals surface area (Å²) in [7, 11) is 0. The van der Waals surface area contributed by atoms with Gasteiger partial charge in [-0.3, -0.25) is 0 Å². The Morgan fingerprint density at radius 3 is 2.31 bits per heavy atom. The van der Waals surface area contributed by atoms with E-state index in [9.17, 15) is 0 Å². The molecule has 82 valence electrons. The first kappa shape index (κ1) is 10.9. The first-order valence-corrected chi connectivity index (χ1v) is 5.86. The molecule has 0 bridgehead atoms. The van der Waals surface area contributed by atoms with Gasteiger partial charge in [0.15, 0.2) is 0 Å². The minimum Gasteiger partial charge on any atom is -0.0622 e. The normalized spacial score (nSPS) is 10.4. The lowest BCUT2D eigenvalue weighted by atomic mass is 9.99. The van der Waals surface area contributed by atoms with Crippen LogP contribution >= 0.6 is 0 Å². The van der Waals surface area contributed by atoms with Gasteiger partial charge < -0.3 is 0 Å². The molecule has 0 spiro atoms. The quantitative estimate of drug-likeness (QED) is 0.715. The van der Waals surface area contributed by atoms with Crippen LogP contribution in [0.15, 0.2) is 48.5 Å². The lowest BCUT2D eigenvalue weighted by Crippen LogP contribution is -1.94. The molecule has 0 aromatic heterocycles. The summed E-state index contributed by atoms with van der Waals surface area (Å²) in [5, 5.41) is 0. The highest BCUT2D eigenvalue weighted by Crippen LogP contribution is 2.13. The Balaban J connectivity index is 2.08. The summed E-state index contributed by atoms with van der Waals surface area (Å²) in [4.78, 5) is 0. The zero-order valence-electron chi connectivity index (χ0n) is 10.0. The van der Waals surface area contributed by atoms with Gasteiger partial charge in [-0.15, -0.1) is 0 Å². The Morgan fingerprint density at radius 1 is 0.812 bits per heavy atom. The predicted molar refractivity (Wildman–Crippen MR) is 69.8 cm³/mol. The predicted octanol–water partition coefficient (Wildman–Crippen LogP) is 4.09. The van der Waals surface area contributed by atoms with Crippen LogP contribution in [0.5, 0.6) is 0 Å². The third kappa shape index (κ3) is 2.73. The van der Waals surface area contributed by atoms with Crippen molar-refractivity contribution >= 4 is 0 Å². The molecule has 0 amide bonds. The Bertz CT molecular complexity index is 455. The smallest absolute Gasteiger partial charge is 0.0236 e. The highest BCUT2D eigenvalue weighted by molar-refractivity contribution is 5.31. The van der Waals surface area contributed by atoms with Crippen molar-refractivity contribution in [3.63, 3.8) is 0 Å². The fourth-order valence-electron chi connectivity index (χ4n) is 1.99. The van der Waals surface area contributed by atoms with Gasteiger partial charge in [0.05, 0.1) is 0 Å². The van der Waals surface area contributed by atoms with Crippen molar-refractivity contribution in [3.05, 3.63) is 70.8 Å². The first-order chi connectivity index (χ1) is 7.75. The van der Waals surface area contributed by atoms with Crippen LogP contribution in [0.3, 0.4) is 0 Å². The van der Waals surface area contributed by atoms with E-state index >= 15 is 0 Å². The van der Waals surface area contributed by atoms with Crippen molar-refractivity contribution in [2.24, 2.45) is 0 Å². The van der Waals surface area contributed by atoms with E-state index in [1.165, 1.54) is 22.3 Å². The van der Waals surface area contributed by atoms with Crippen LogP contribution in [0.2, 0.25) is 0 Å². The van der Waals surface area contributed by atoms with Crippen LogP contribution in [0, 0.1) is 13.8 Å². The number of hydrogen-bond donors (Lipinski definition) is 0. The number of benzene rings is 2. The van der Waals surface area contributed by atoms with Crippen molar-refractivity contribution in [1.29, 1.82) is 0 Å². The van der Waals surface area contributed by atoms with Gasteiger partial charge in [0.1, 0.15) is 0 Å².